The highest BCUT2D eigenvalue weighted by Gasteiger charge is 2.26. The van der Waals surface area contributed by atoms with E-state index in [1.807, 2.05) is 23.1 Å². The molecule has 138 valence electrons. The lowest BCUT2D eigenvalue weighted by atomic mass is 10.1. The highest BCUT2D eigenvalue weighted by Crippen LogP contribution is 2.46. The first kappa shape index (κ1) is 17.5. The van der Waals surface area contributed by atoms with E-state index in [9.17, 15) is 9.90 Å². The number of ether oxygens (including phenoxy) is 1. The summed E-state index contributed by atoms with van der Waals surface area (Å²) in [6.07, 6.45) is 5.07. The molecular formula is C18H17N5O3S. The van der Waals surface area contributed by atoms with Gasteiger partial charge in [0.2, 0.25) is 5.82 Å². The van der Waals surface area contributed by atoms with E-state index in [0.717, 1.165) is 27.0 Å². The number of nitrogens with zero attached hydrogens (tertiary/aromatic N) is 5. The first-order valence-corrected chi connectivity index (χ1v) is 9.04. The fourth-order valence-electron chi connectivity index (χ4n) is 3.05. The van der Waals surface area contributed by atoms with Crippen LogP contribution < -0.4 is 4.90 Å². The number of aryl methyl sites for hydroxylation is 1. The standard InChI is InChI=1S/C18H17N5O3S/c1-11-8-22(16(21-11)18(24)25)9-12-3-4-14-13(7-12)23(10-26-2)15-17(27-14)20-6-5-19-15/h3-8H,9-10H2,1-2H3,(H,24,25). The summed E-state index contributed by atoms with van der Waals surface area (Å²) >= 11 is 1.56. The topological polar surface area (TPSA) is 93.4 Å². The van der Waals surface area contributed by atoms with Crippen molar-refractivity contribution in [2.75, 3.05) is 18.7 Å². The molecule has 1 N–H and O–H groups in total. The van der Waals surface area contributed by atoms with Crippen LogP contribution in [0.5, 0.6) is 0 Å². The second-order valence-corrected chi connectivity index (χ2v) is 7.10. The Hall–Kier alpha value is -2.91. The average Bonchev–Trinajstić information content (AvgIpc) is 3.02. The van der Waals surface area contributed by atoms with Crippen LogP contribution in [-0.2, 0) is 11.3 Å². The molecule has 0 saturated heterocycles. The Bertz CT molecular complexity index is 1020. The maximum atomic E-state index is 11.4. The number of methoxy groups -OCH3 is 1. The summed E-state index contributed by atoms with van der Waals surface area (Å²) in [5, 5.41) is 10.2. The molecule has 0 spiro atoms. The van der Waals surface area contributed by atoms with E-state index >= 15 is 0 Å². The van der Waals surface area contributed by atoms with Gasteiger partial charge >= 0.3 is 5.97 Å². The number of fused-ring (bicyclic) bond motifs is 2. The summed E-state index contributed by atoms with van der Waals surface area (Å²) in [5.41, 5.74) is 2.59. The highest BCUT2D eigenvalue weighted by atomic mass is 32.2. The number of carboxylic acid groups (broad SMARTS) is 1. The number of aromatic nitrogens is 4. The van der Waals surface area contributed by atoms with Gasteiger partial charge < -0.3 is 14.4 Å². The quantitative estimate of drug-likeness (QED) is 0.719. The Labute approximate surface area is 159 Å². The number of hydrogen-bond donors (Lipinski definition) is 1. The van der Waals surface area contributed by atoms with Crippen molar-refractivity contribution in [2.45, 2.75) is 23.4 Å². The second kappa shape index (κ2) is 7.01. The third kappa shape index (κ3) is 3.26. The number of benzene rings is 1. The van der Waals surface area contributed by atoms with Gasteiger partial charge in [-0.3, -0.25) is 4.90 Å². The van der Waals surface area contributed by atoms with E-state index in [2.05, 4.69) is 15.0 Å². The molecule has 0 aliphatic carbocycles. The van der Waals surface area contributed by atoms with Crippen molar-refractivity contribution in [1.29, 1.82) is 0 Å². The van der Waals surface area contributed by atoms with E-state index < -0.39 is 5.97 Å². The number of imidazole rings is 1. The molecule has 3 heterocycles. The lowest BCUT2D eigenvalue weighted by Gasteiger charge is -2.30. The minimum atomic E-state index is -1.04. The molecule has 1 aliphatic heterocycles. The van der Waals surface area contributed by atoms with Gasteiger partial charge in [0.15, 0.2) is 5.82 Å². The van der Waals surface area contributed by atoms with E-state index in [0.29, 0.717) is 19.0 Å². The first-order chi connectivity index (χ1) is 13.1. The van der Waals surface area contributed by atoms with Gasteiger partial charge in [0.1, 0.15) is 11.8 Å². The molecule has 0 bridgehead atoms. The van der Waals surface area contributed by atoms with Crippen molar-refractivity contribution in [3.05, 3.63) is 53.9 Å². The summed E-state index contributed by atoms with van der Waals surface area (Å²) in [6.45, 7) is 2.53. The lowest BCUT2D eigenvalue weighted by Crippen LogP contribution is -2.24. The largest absolute Gasteiger partial charge is 0.475 e. The van der Waals surface area contributed by atoms with Gasteiger partial charge in [-0.15, -0.1) is 0 Å². The molecule has 9 heteroatoms. The van der Waals surface area contributed by atoms with Gasteiger partial charge in [-0.1, -0.05) is 17.8 Å². The van der Waals surface area contributed by atoms with Crippen LogP contribution in [0.1, 0.15) is 21.9 Å². The molecule has 3 aromatic rings. The maximum absolute atomic E-state index is 11.4. The average molecular weight is 383 g/mol. The summed E-state index contributed by atoms with van der Waals surface area (Å²) in [6, 6.07) is 6.03. The lowest BCUT2D eigenvalue weighted by molar-refractivity contribution is 0.0678. The summed E-state index contributed by atoms with van der Waals surface area (Å²) < 4.78 is 7.01. The molecule has 2 aromatic heterocycles. The molecule has 27 heavy (non-hydrogen) atoms. The van der Waals surface area contributed by atoms with Crippen molar-refractivity contribution < 1.29 is 14.6 Å². The second-order valence-electron chi connectivity index (χ2n) is 6.07. The van der Waals surface area contributed by atoms with Crippen LogP contribution >= 0.6 is 11.8 Å². The molecule has 0 amide bonds. The molecular weight excluding hydrogens is 366 g/mol. The number of aromatic carboxylic acids is 1. The van der Waals surface area contributed by atoms with E-state index in [1.165, 1.54) is 0 Å². The molecule has 4 rings (SSSR count). The zero-order valence-electron chi connectivity index (χ0n) is 14.8. The van der Waals surface area contributed by atoms with Gasteiger partial charge in [0.05, 0.1) is 11.4 Å². The predicted octanol–water partition coefficient (Wildman–Crippen LogP) is 2.93. The van der Waals surface area contributed by atoms with Gasteiger partial charge in [-0.2, -0.15) is 0 Å². The Morgan fingerprint density at radius 2 is 2.11 bits per heavy atom. The fraction of sp³-hybridized carbons (Fsp3) is 0.222. The van der Waals surface area contributed by atoms with Gasteiger partial charge in [-0.25, -0.2) is 19.7 Å². The van der Waals surface area contributed by atoms with Gasteiger partial charge in [0.25, 0.3) is 0 Å². The van der Waals surface area contributed by atoms with Crippen molar-refractivity contribution >= 4 is 29.2 Å². The van der Waals surface area contributed by atoms with Gasteiger partial charge in [-0.05, 0) is 24.6 Å². The molecule has 0 radical (unpaired) electrons. The van der Waals surface area contributed by atoms with Crippen LogP contribution in [0.25, 0.3) is 0 Å². The third-order valence-corrected chi connectivity index (χ3v) is 5.17. The van der Waals surface area contributed by atoms with Crippen LogP contribution in [0.2, 0.25) is 0 Å². The molecule has 0 unspecified atom stereocenters. The number of hydrogen-bond acceptors (Lipinski definition) is 7. The molecule has 0 saturated carbocycles. The summed E-state index contributed by atoms with van der Waals surface area (Å²) in [5.74, 6) is -0.259. The minimum absolute atomic E-state index is 0.0320. The fourth-order valence-corrected chi connectivity index (χ4v) is 4.03. The molecule has 1 aliphatic rings. The zero-order chi connectivity index (χ0) is 19.0. The number of rotatable bonds is 5. The van der Waals surface area contributed by atoms with Crippen LogP contribution in [0.3, 0.4) is 0 Å². The van der Waals surface area contributed by atoms with Crippen LogP contribution in [0.4, 0.5) is 11.5 Å². The number of carboxylic acids is 1. The number of anilines is 2. The highest BCUT2D eigenvalue weighted by molar-refractivity contribution is 7.99. The Morgan fingerprint density at radius 1 is 1.30 bits per heavy atom. The smallest absolute Gasteiger partial charge is 0.372 e. The normalized spacial score (nSPS) is 12.6. The predicted molar refractivity (Wildman–Crippen MR) is 99.6 cm³/mol. The molecule has 1 aromatic carbocycles. The van der Waals surface area contributed by atoms with E-state index in [1.54, 1.807) is 49.0 Å². The van der Waals surface area contributed by atoms with E-state index in [4.69, 9.17) is 4.74 Å². The van der Waals surface area contributed by atoms with Crippen molar-refractivity contribution in [3.8, 4) is 0 Å². The van der Waals surface area contributed by atoms with Gasteiger partial charge in [0, 0.05) is 37.1 Å². The number of carbonyl (C=O) groups is 1. The van der Waals surface area contributed by atoms with E-state index in [-0.39, 0.29) is 5.82 Å². The SMILES string of the molecule is COCN1c2cc(Cn3cc(C)nc3C(=O)O)ccc2Sc2nccnc21. The van der Waals surface area contributed by atoms with Crippen molar-refractivity contribution in [2.24, 2.45) is 0 Å². The molecule has 0 atom stereocenters. The van der Waals surface area contributed by atoms with Crippen LogP contribution in [-0.4, -0.2) is 44.4 Å². The first-order valence-electron chi connectivity index (χ1n) is 8.22. The van der Waals surface area contributed by atoms with Crippen LogP contribution in [0, 0.1) is 6.92 Å². The zero-order valence-corrected chi connectivity index (χ0v) is 15.6. The van der Waals surface area contributed by atoms with Crippen LogP contribution in [0.15, 0.2) is 46.7 Å². The molecule has 0 fully saturated rings. The molecule has 8 nitrogen and oxygen atoms in total. The summed E-state index contributed by atoms with van der Waals surface area (Å²) in [4.78, 5) is 27.3. The monoisotopic (exact) mass is 383 g/mol. The third-order valence-electron chi connectivity index (χ3n) is 4.12. The Balaban J connectivity index is 1.72. The van der Waals surface area contributed by atoms with Crippen molar-refractivity contribution in [3.63, 3.8) is 0 Å². The van der Waals surface area contributed by atoms with Crippen molar-refractivity contribution in [1.82, 2.24) is 19.5 Å². The minimum Gasteiger partial charge on any atom is -0.475 e. The Morgan fingerprint density at radius 3 is 2.89 bits per heavy atom. The maximum Gasteiger partial charge on any atom is 0.372 e. The summed E-state index contributed by atoms with van der Waals surface area (Å²) in [7, 11) is 1.63. The Kier molecular flexibility index (Phi) is 4.54.